The zero-order chi connectivity index (χ0) is 9.80. The van der Waals surface area contributed by atoms with E-state index in [0.29, 0.717) is 11.3 Å². The fraction of sp³-hybridized carbons (Fsp3) is 0. The van der Waals surface area contributed by atoms with Gasteiger partial charge in [-0.25, -0.2) is 0 Å². The van der Waals surface area contributed by atoms with Crippen molar-refractivity contribution in [1.82, 2.24) is 15.4 Å². The highest BCUT2D eigenvalue weighted by Crippen LogP contribution is 2.19. The smallest absolute Gasteiger partial charge is 0.0998 e. The lowest BCUT2D eigenvalue weighted by atomic mass is 10.1. The Hall–Kier alpha value is -2.28. The average molecular weight is 182 g/mol. The second kappa shape index (κ2) is 3.62. The highest BCUT2D eigenvalue weighted by atomic mass is 15.3. The number of nitrogens with zero attached hydrogens (tertiary/aromatic N) is 4. The van der Waals surface area contributed by atoms with E-state index in [1.54, 1.807) is 18.3 Å². The van der Waals surface area contributed by atoms with E-state index in [1.165, 1.54) is 0 Å². The zero-order valence-corrected chi connectivity index (χ0v) is 7.25. The first kappa shape index (κ1) is 8.32. The van der Waals surface area contributed by atoms with E-state index in [4.69, 9.17) is 5.26 Å². The molecule has 0 bridgehead atoms. The molecule has 0 atom stereocenters. The van der Waals surface area contributed by atoms with Gasteiger partial charge >= 0.3 is 0 Å². The van der Waals surface area contributed by atoms with E-state index in [9.17, 15) is 0 Å². The van der Waals surface area contributed by atoms with Gasteiger partial charge in [0.15, 0.2) is 0 Å². The Balaban J connectivity index is 2.58. The molecule has 0 saturated heterocycles. The number of hydrogen-bond acceptors (Lipinski definition) is 4. The summed E-state index contributed by atoms with van der Waals surface area (Å²) in [5, 5.41) is 19.8. The molecule has 2 aromatic rings. The van der Waals surface area contributed by atoms with Crippen LogP contribution in [0.15, 0.2) is 36.5 Å². The van der Waals surface area contributed by atoms with Gasteiger partial charge in [0, 0.05) is 5.56 Å². The zero-order valence-electron chi connectivity index (χ0n) is 7.25. The summed E-state index contributed by atoms with van der Waals surface area (Å²) in [6.45, 7) is 0. The maximum absolute atomic E-state index is 8.87. The van der Waals surface area contributed by atoms with Crippen molar-refractivity contribution in [3.8, 4) is 17.3 Å². The molecule has 4 nitrogen and oxygen atoms in total. The molecule has 1 aromatic heterocycles. The molecule has 0 aliphatic rings. The Labute approximate surface area is 80.8 Å². The maximum Gasteiger partial charge on any atom is 0.0998 e. The van der Waals surface area contributed by atoms with Gasteiger partial charge < -0.3 is 0 Å². The molecule has 0 fully saturated rings. The summed E-state index contributed by atoms with van der Waals surface area (Å²) in [4.78, 5) is 0. The Morgan fingerprint density at radius 1 is 1.14 bits per heavy atom. The number of benzene rings is 1. The molecular formula is C10H6N4. The molecule has 0 aliphatic heterocycles. The van der Waals surface area contributed by atoms with Crippen LogP contribution in [0.5, 0.6) is 0 Å². The van der Waals surface area contributed by atoms with Crippen molar-refractivity contribution in [1.29, 1.82) is 5.26 Å². The Morgan fingerprint density at radius 3 is 2.71 bits per heavy atom. The van der Waals surface area contributed by atoms with Crippen molar-refractivity contribution >= 4 is 0 Å². The fourth-order valence-electron chi connectivity index (χ4n) is 1.19. The normalized spacial score (nSPS) is 9.36. The molecule has 1 heterocycles. The molecule has 0 N–H and O–H groups in total. The SMILES string of the molecule is N#Cc1ccccc1-c1ccnnn1. The van der Waals surface area contributed by atoms with Gasteiger partial charge in [-0.15, -0.1) is 10.2 Å². The Kier molecular flexibility index (Phi) is 2.15. The van der Waals surface area contributed by atoms with Crippen LogP contribution in [0, 0.1) is 11.3 Å². The summed E-state index contributed by atoms with van der Waals surface area (Å²) >= 11 is 0. The predicted octanol–water partition coefficient (Wildman–Crippen LogP) is 1.41. The van der Waals surface area contributed by atoms with E-state index < -0.39 is 0 Å². The third kappa shape index (κ3) is 1.43. The third-order valence-corrected chi connectivity index (χ3v) is 1.83. The van der Waals surface area contributed by atoms with Crippen molar-refractivity contribution in [2.24, 2.45) is 0 Å². The van der Waals surface area contributed by atoms with Gasteiger partial charge in [-0.3, -0.25) is 0 Å². The van der Waals surface area contributed by atoms with Gasteiger partial charge in [0.1, 0.15) is 0 Å². The molecular weight excluding hydrogens is 176 g/mol. The predicted molar refractivity (Wildman–Crippen MR) is 50.0 cm³/mol. The van der Waals surface area contributed by atoms with Crippen LogP contribution in [-0.4, -0.2) is 15.4 Å². The van der Waals surface area contributed by atoms with Crippen LogP contribution in [0.1, 0.15) is 5.56 Å². The average Bonchev–Trinajstić information content (AvgIpc) is 2.30. The van der Waals surface area contributed by atoms with Crippen LogP contribution >= 0.6 is 0 Å². The molecule has 14 heavy (non-hydrogen) atoms. The van der Waals surface area contributed by atoms with Crippen LogP contribution in [0.3, 0.4) is 0 Å². The molecule has 66 valence electrons. The monoisotopic (exact) mass is 182 g/mol. The number of rotatable bonds is 1. The first-order valence-electron chi connectivity index (χ1n) is 4.05. The van der Waals surface area contributed by atoms with Gasteiger partial charge in [-0.05, 0) is 17.3 Å². The summed E-state index contributed by atoms with van der Waals surface area (Å²) < 4.78 is 0. The second-order valence-electron chi connectivity index (χ2n) is 2.66. The summed E-state index contributed by atoms with van der Waals surface area (Å²) in [7, 11) is 0. The first-order valence-corrected chi connectivity index (χ1v) is 4.05. The summed E-state index contributed by atoms with van der Waals surface area (Å²) in [6, 6.07) is 11.1. The summed E-state index contributed by atoms with van der Waals surface area (Å²) in [6.07, 6.45) is 1.55. The second-order valence-corrected chi connectivity index (χ2v) is 2.66. The standard InChI is InChI=1S/C10H6N4/c11-7-8-3-1-2-4-9(8)10-5-6-12-14-13-10/h1-6H. The van der Waals surface area contributed by atoms with E-state index in [0.717, 1.165) is 5.56 Å². The Morgan fingerprint density at radius 2 is 2.00 bits per heavy atom. The van der Waals surface area contributed by atoms with Crippen LogP contribution in [0.25, 0.3) is 11.3 Å². The molecule has 0 unspecified atom stereocenters. The molecule has 1 aromatic carbocycles. The molecule has 2 rings (SSSR count). The van der Waals surface area contributed by atoms with Crippen molar-refractivity contribution in [2.45, 2.75) is 0 Å². The highest BCUT2D eigenvalue weighted by Gasteiger charge is 2.04. The highest BCUT2D eigenvalue weighted by molar-refractivity contribution is 5.66. The topological polar surface area (TPSA) is 62.5 Å². The van der Waals surface area contributed by atoms with E-state index >= 15 is 0 Å². The molecule has 0 spiro atoms. The van der Waals surface area contributed by atoms with Crippen LogP contribution in [-0.2, 0) is 0 Å². The van der Waals surface area contributed by atoms with Gasteiger partial charge in [-0.1, -0.05) is 18.2 Å². The van der Waals surface area contributed by atoms with Crippen LogP contribution < -0.4 is 0 Å². The largest absolute Gasteiger partial charge is 0.192 e. The van der Waals surface area contributed by atoms with Crippen molar-refractivity contribution in [3.63, 3.8) is 0 Å². The lowest BCUT2D eigenvalue weighted by Crippen LogP contribution is -1.91. The van der Waals surface area contributed by atoms with Crippen molar-refractivity contribution in [3.05, 3.63) is 42.1 Å². The van der Waals surface area contributed by atoms with E-state index in [2.05, 4.69) is 21.5 Å². The van der Waals surface area contributed by atoms with E-state index in [-0.39, 0.29) is 0 Å². The van der Waals surface area contributed by atoms with Crippen LogP contribution in [0.4, 0.5) is 0 Å². The molecule has 0 aliphatic carbocycles. The summed E-state index contributed by atoms with van der Waals surface area (Å²) in [5.41, 5.74) is 2.04. The summed E-state index contributed by atoms with van der Waals surface area (Å²) in [5.74, 6) is 0. The Bertz CT molecular complexity index is 473. The maximum atomic E-state index is 8.87. The van der Waals surface area contributed by atoms with Gasteiger partial charge in [0.2, 0.25) is 0 Å². The third-order valence-electron chi connectivity index (χ3n) is 1.83. The fourth-order valence-corrected chi connectivity index (χ4v) is 1.19. The molecule has 0 saturated carbocycles. The number of hydrogen-bond donors (Lipinski definition) is 0. The minimum absolute atomic E-state index is 0.591. The van der Waals surface area contributed by atoms with Crippen molar-refractivity contribution in [2.75, 3.05) is 0 Å². The van der Waals surface area contributed by atoms with Gasteiger partial charge in [-0.2, -0.15) is 5.26 Å². The molecule has 0 amide bonds. The van der Waals surface area contributed by atoms with E-state index in [1.807, 2.05) is 18.2 Å². The van der Waals surface area contributed by atoms with Gasteiger partial charge in [0.25, 0.3) is 0 Å². The number of aromatic nitrogens is 3. The lowest BCUT2D eigenvalue weighted by molar-refractivity contribution is 0.870. The molecule has 0 radical (unpaired) electrons. The number of nitriles is 1. The van der Waals surface area contributed by atoms with Gasteiger partial charge in [0.05, 0.1) is 23.5 Å². The minimum Gasteiger partial charge on any atom is -0.192 e. The van der Waals surface area contributed by atoms with Crippen molar-refractivity contribution < 1.29 is 0 Å². The lowest BCUT2D eigenvalue weighted by Gasteiger charge is -1.99. The quantitative estimate of drug-likeness (QED) is 0.668. The molecule has 4 heteroatoms. The van der Waals surface area contributed by atoms with Crippen LogP contribution in [0.2, 0.25) is 0 Å². The minimum atomic E-state index is 0.591. The first-order chi connectivity index (χ1) is 6.92.